The van der Waals surface area contributed by atoms with Gasteiger partial charge < -0.3 is 0 Å². The van der Waals surface area contributed by atoms with E-state index in [0.29, 0.717) is 10.0 Å². The number of rotatable bonds is 1. The number of halogens is 3. The number of nitrogens with zero attached hydrogens (tertiary/aromatic N) is 2. The van der Waals surface area contributed by atoms with Gasteiger partial charge in [0.1, 0.15) is 0 Å². The number of imidazole rings is 1. The van der Waals surface area contributed by atoms with E-state index in [1.54, 1.807) is 0 Å². The van der Waals surface area contributed by atoms with Gasteiger partial charge in [0.05, 0.1) is 15.7 Å². The first-order valence-electron chi connectivity index (χ1n) is 6.67. The first kappa shape index (κ1) is 15.3. The molecule has 0 saturated carbocycles. The molecule has 3 aromatic rings. The van der Waals surface area contributed by atoms with Crippen LogP contribution in [0.3, 0.4) is 0 Å². The van der Waals surface area contributed by atoms with Crippen molar-refractivity contribution in [3.8, 4) is 11.3 Å². The predicted molar refractivity (Wildman–Crippen MR) is 95.5 cm³/mol. The summed E-state index contributed by atoms with van der Waals surface area (Å²) in [6.07, 6.45) is 7.06. The molecule has 1 aliphatic carbocycles. The molecule has 0 bridgehead atoms. The van der Waals surface area contributed by atoms with Crippen LogP contribution in [0.4, 0.5) is 0 Å². The maximum atomic E-state index is 6.09. The van der Waals surface area contributed by atoms with Gasteiger partial charge in [-0.05, 0) is 37.8 Å². The molecule has 2 heterocycles. The smallest absolute Gasteiger partial charge is 0.194 e. The summed E-state index contributed by atoms with van der Waals surface area (Å²) in [4.78, 5) is 7.32. The summed E-state index contributed by atoms with van der Waals surface area (Å²) in [7, 11) is 0. The van der Waals surface area contributed by atoms with Crippen molar-refractivity contribution >= 4 is 56.5 Å². The average molecular weight is 404 g/mol. The van der Waals surface area contributed by atoms with Crippen LogP contribution in [-0.4, -0.2) is 9.38 Å². The molecule has 0 aliphatic heterocycles. The van der Waals surface area contributed by atoms with Crippen LogP contribution in [-0.2, 0) is 12.8 Å². The van der Waals surface area contributed by atoms with Crippen LogP contribution in [0.5, 0.6) is 0 Å². The van der Waals surface area contributed by atoms with Gasteiger partial charge in [-0.1, -0.05) is 29.3 Å². The molecule has 0 radical (unpaired) electrons. The van der Waals surface area contributed by atoms with Gasteiger partial charge in [-0.25, -0.2) is 4.98 Å². The lowest BCUT2D eigenvalue weighted by molar-refractivity contribution is 0.674. The molecule has 0 saturated heterocycles. The minimum absolute atomic E-state index is 0. The molecule has 0 N–H and O–H groups in total. The number of fused-ring (bicyclic) bond motifs is 3. The van der Waals surface area contributed by atoms with E-state index in [9.17, 15) is 0 Å². The Morgan fingerprint density at radius 3 is 2.71 bits per heavy atom. The molecular weight excluding hydrogens is 391 g/mol. The molecule has 2 nitrogen and oxygen atoms in total. The molecule has 0 atom stereocenters. The molecule has 0 fully saturated rings. The number of aromatic nitrogens is 2. The summed E-state index contributed by atoms with van der Waals surface area (Å²) >= 11 is 13.9. The van der Waals surface area contributed by atoms with Crippen LogP contribution in [0.15, 0.2) is 24.4 Å². The summed E-state index contributed by atoms with van der Waals surface area (Å²) in [6.45, 7) is 0. The average Bonchev–Trinajstić information content (AvgIpc) is 2.99. The van der Waals surface area contributed by atoms with Gasteiger partial charge in [0, 0.05) is 22.3 Å². The van der Waals surface area contributed by atoms with Crippen LogP contribution < -0.4 is 0 Å². The van der Waals surface area contributed by atoms with E-state index in [0.717, 1.165) is 22.6 Å². The Hall–Kier alpha value is -0.550. The maximum absolute atomic E-state index is 6.09. The van der Waals surface area contributed by atoms with Gasteiger partial charge in [-0.15, -0.1) is 28.3 Å². The molecule has 1 aliphatic rings. The normalized spacial score (nSPS) is 14.0. The lowest BCUT2D eigenvalue weighted by Gasteiger charge is -2.09. The lowest BCUT2D eigenvalue weighted by Crippen LogP contribution is -2.01. The first-order chi connectivity index (χ1) is 9.72. The Morgan fingerprint density at radius 1 is 1.10 bits per heavy atom. The zero-order chi connectivity index (χ0) is 13.7. The van der Waals surface area contributed by atoms with Crippen LogP contribution in [0.25, 0.3) is 16.2 Å². The zero-order valence-corrected chi connectivity index (χ0v) is 15.1. The van der Waals surface area contributed by atoms with Crippen molar-refractivity contribution in [1.29, 1.82) is 0 Å². The molecule has 0 amide bonds. The Balaban J connectivity index is 0.00000132. The summed E-state index contributed by atoms with van der Waals surface area (Å²) in [5, 5.41) is 1.15. The maximum Gasteiger partial charge on any atom is 0.194 e. The third-order valence-electron chi connectivity index (χ3n) is 3.78. The fraction of sp³-hybridized carbons (Fsp3) is 0.267. The minimum Gasteiger partial charge on any atom is -0.294 e. The van der Waals surface area contributed by atoms with Crippen molar-refractivity contribution in [3.05, 3.63) is 45.0 Å². The van der Waals surface area contributed by atoms with Crippen LogP contribution in [0.2, 0.25) is 10.0 Å². The lowest BCUT2D eigenvalue weighted by atomic mass is 10.0. The zero-order valence-electron chi connectivity index (χ0n) is 11.1. The number of hydrogen-bond acceptors (Lipinski definition) is 2. The highest BCUT2D eigenvalue weighted by molar-refractivity contribution is 8.93. The summed E-state index contributed by atoms with van der Waals surface area (Å²) in [5.74, 6) is 0. The van der Waals surface area contributed by atoms with E-state index in [1.807, 2.05) is 29.5 Å². The topological polar surface area (TPSA) is 17.3 Å². The van der Waals surface area contributed by atoms with E-state index in [1.165, 1.54) is 29.8 Å². The van der Waals surface area contributed by atoms with Crippen molar-refractivity contribution in [2.75, 3.05) is 0 Å². The molecule has 0 spiro atoms. The van der Waals surface area contributed by atoms with Crippen molar-refractivity contribution in [2.45, 2.75) is 25.7 Å². The largest absolute Gasteiger partial charge is 0.294 e. The molecule has 4 rings (SSSR count). The molecule has 2 aromatic heterocycles. The Labute approximate surface area is 147 Å². The molecule has 0 unspecified atom stereocenters. The third kappa shape index (κ3) is 2.63. The second-order valence-electron chi connectivity index (χ2n) is 5.09. The SMILES string of the molecule is Br.Clc1ccc(-c2cn3c4c(sc3n2)CCCC4)cc1Cl. The number of aryl methyl sites for hydroxylation is 2. The second kappa shape index (κ2) is 5.92. The highest BCUT2D eigenvalue weighted by atomic mass is 79.9. The molecular formula is C15H13BrCl2N2S. The van der Waals surface area contributed by atoms with Gasteiger partial charge in [0.25, 0.3) is 0 Å². The summed E-state index contributed by atoms with van der Waals surface area (Å²) < 4.78 is 2.25. The highest BCUT2D eigenvalue weighted by Gasteiger charge is 2.18. The Kier molecular flexibility index (Phi) is 4.33. The van der Waals surface area contributed by atoms with Crippen LogP contribution >= 0.6 is 51.5 Å². The van der Waals surface area contributed by atoms with Gasteiger partial charge in [0.15, 0.2) is 4.96 Å². The predicted octanol–water partition coefficient (Wildman–Crippen LogP) is 5.83. The highest BCUT2D eigenvalue weighted by Crippen LogP contribution is 2.33. The van der Waals surface area contributed by atoms with E-state index in [4.69, 9.17) is 28.2 Å². The Morgan fingerprint density at radius 2 is 1.90 bits per heavy atom. The monoisotopic (exact) mass is 402 g/mol. The quantitative estimate of drug-likeness (QED) is 0.499. The van der Waals surface area contributed by atoms with Crippen molar-refractivity contribution in [2.24, 2.45) is 0 Å². The fourth-order valence-corrected chi connectivity index (χ4v) is 4.25. The van der Waals surface area contributed by atoms with E-state index in [2.05, 4.69) is 10.6 Å². The van der Waals surface area contributed by atoms with E-state index in [-0.39, 0.29) is 17.0 Å². The van der Waals surface area contributed by atoms with Crippen molar-refractivity contribution < 1.29 is 0 Å². The number of thiazole rings is 1. The summed E-state index contributed by atoms with van der Waals surface area (Å²) in [5.41, 5.74) is 3.41. The van der Waals surface area contributed by atoms with Gasteiger partial charge in [-0.3, -0.25) is 4.40 Å². The van der Waals surface area contributed by atoms with Gasteiger partial charge in [0.2, 0.25) is 0 Å². The van der Waals surface area contributed by atoms with Gasteiger partial charge in [-0.2, -0.15) is 0 Å². The summed E-state index contributed by atoms with van der Waals surface area (Å²) in [6, 6.07) is 5.66. The first-order valence-corrected chi connectivity index (χ1v) is 8.25. The standard InChI is InChI=1S/C15H12Cl2N2S.BrH/c16-10-6-5-9(7-11(10)17)12-8-19-13-3-1-2-4-14(13)20-15(19)18-12;/h5-8H,1-4H2;1H. The van der Waals surface area contributed by atoms with Crippen LogP contribution in [0, 0.1) is 0 Å². The number of benzene rings is 1. The van der Waals surface area contributed by atoms with Crippen molar-refractivity contribution in [3.63, 3.8) is 0 Å². The number of hydrogen-bond donors (Lipinski definition) is 0. The van der Waals surface area contributed by atoms with Gasteiger partial charge >= 0.3 is 0 Å². The fourth-order valence-electron chi connectivity index (χ4n) is 2.76. The van der Waals surface area contributed by atoms with Crippen molar-refractivity contribution in [1.82, 2.24) is 9.38 Å². The van der Waals surface area contributed by atoms with Crippen LogP contribution in [0.1, 0.15) is 23.4 Å². The van der Waals surface area contributed by atoms with E-state index >= 15 is 0 Å². The molecule has 6 heteroatoms. The molecule has 1 aromatic carbocycles. The Bertz CT molecular complexity index is 809. The second-order valence-corrected chi connectivity index (χ2v) is 6.96. The van der Waals surface area contributed by atoms with E-state index < -0.39 is 0 Å². The molecule has 21 heavy (non-hydrogen) atoms. The third-order valence-corrected chi connectivity index (χ3v) is 5.68. The molecule has 110 valence electrons. The minimum atomic E-state index is 0.